The lowest BCUT2D eigenvalue weighted by molar-refractivity contribution is -0.140. The molecular formula is C30H33BrClN3O4S. The van der Waals surface area contributed by atoms with Crippen LogP contribution in [0, 0.1) is 0 Å². The first-order chi connectivity index (χ1) is 19.2. The standard InChI is InChI=1S/C30H33BrClN3O4S/c1-2-28(30(37)33-25-8-6-7-9-25)34(20-22-12-16-24(32)17-13-22)29(36)21-35(26-18-14-23(31)15-19-26)40(38,39)27-10-4-3-5-11-27/h3-5,10-19,25,28H,2,6-9,20-21H2,1H3,(H,33,37)/t28-/m1/s1. The minimum absolute atomic E-state index is 0.0704. The summed E-state index contributed by atoms with van der Waals surface area (Å²) in [6.07, 6.45) is 4.34. The monoisotopic (exact) mass is 645 g/mol. The Bertz CT molecular complexity index is 1400. The third-order valence-electron chi connectivity index (χ3n) is 7.08. The number of hydrogen-bond acceptors (Lipinski definition) is 4. The van der Waals surface area contributed by atoms with E-state index < -0.39 is 28.5 Å². The Kier molecular flexibility index (Phi) is 10.3. The molecule has 0 unspecified atom stereocenters. The lowest BCUT2D eigenvalue weighted by atomic mass is 10.1. The van der Waals surface area contributed by atoms with Crippen molar-refractivity contribution in [2.45, 2.75) is 62.6 Å². The Morgan fingerprint density at radius 2 is 1.60 bits per heavy atom. The molecule has 10 heteroatoms. The van der Waals surface area contributed by atoms with Gasteiger partial charge in [-0.25, -0.2) is 8.42 Å². The molecule has 4 rings (SSSR count). The van der Waals surface area contributed by atoms with Gasteiger partial charge in [0.15, 0.2) is 0 Å². The molecule has 1 aliphatic rings. The average Bonchev–Trinajstić information content (AvgIpc) is 3.46. The SMILES string of the molecule is CC[C@H](C(=O)NC1CCCC1)N(Cc1ccc(Cl)cc1)C(=O)CN(c1ccc(Br)cc1)S(=O)(=O)c1ccccc1. The van der Waals surface area contributed by atoms with Crippen LogP contribution in [0.25, 0.3) is 0 Å². The lowest BCUT2D eigenvalue weighted by Crippen LogP contribution is -2.53. The molecular weight excluding hydrogens is 614 g/mol. The largest absolute Gasteiger partial charge is 0.352 e. The second-order valence-corrected chi connectivity index (χ2v) is 13.1. The van der Waals surface area contributed by atoms with Crippen molar-refractivity contribution in [3.05, 3.63) is 93.9 Å². The summed E-state index contributed by atoms with van der Waals surface area (Å²) in [7, 11) is -4.09. The van der Waals surface area contributed by atoms with Crippen molar-refractivity contribution in [2.24, 2.45) is 0 Å². The second-order valence-electron chi connectivity index (χ2n) is 9.86. The van der Waals surface area contributed by atoms with Crippen molar-refractivity contribution in [1.29, 1.82) is 0 Å². The van der Waals surface area contributed by atoms with E-state index in [1.165, 1.54) is 17.0 Å². The van der Waals surface area contributed by atoms with Gasteiger partial charge in [-0.15, -0.1) is 0 Å². The maximum Gasteiger partial charge on any atom is 0.264 e. The van der Waals surface area contributed by atoms with Crippen LogP contribution in [-0.2, 0) is 26.2 Å². The molecule has 3 aromatic carbocycles. The van der Waals surface area contributed by atoms with E-state index in [9.17, 15) is 18.0 Å². The smallest absolute Gasteiger partial charge is 0.264 e. The van der Waals surface area contributed by atoms with Crippen molar-refractivity contribution in [2.75, 3.05) is 10.8 Å². The molecule has 2 amide bonds. The molecule has 1 aliphatic carbocycles. The van der Waals surface area contributed by atoms with Gasteiger partial charge in [0.2, 0.25) is 11.8 Å². The highest BCUT2D eigenvalue weighted by Gasteiger charge is 2.34. The van der Waals surface area contributed by atoms with Gasteiger partial charge in [-0.3, -0.25) is 13.9 Å². The van der Waals surface area contributed by atoms with Gasteiger partial charge in [-0.05, 0) is 73.4 Å². The highest BCUT2D eigenvalue weighted by molar-refractivity contribution is 9.10. The molecule has 1 fully saturated rings. The zero-order valence-corrected chi connectivity index (χ0v) is 25.5. The van der Waals surface area contributed by atoms with E-state index in [4.69, 9.17) is 11.6 Å². The van der Waals surface area contributed by atoms with Crippen molar-refractivity contribution in [3.63, 3.8) is 0 Å². The number of sulfonamides is 1. The van der Waals surface area contributed by atoms with Crippen LogP contribution in [0.3, 0.4) is 0 Å². The summed E-state index contributed by atoms with van der Waals surface area (Å²) in [6, 6.07) is 21.1. The first kappa shape index (κ1) is 30.1. The topological polar surface area (TPSA) is 86.8 Å². The van der Waals surface area contributed by atoms with Gasteiger partial charge in [0.05, 0.1) is 10.6 Å². The molecule has 0 spiro atoms. The van der Waals surface area contributed by atoms with Gasteiger partial charge in [-0.2, -0.15) is 0 Å². The number of anilines is 1. The molecule has 0 aliphatic heterocycles. The van der Waals surface area contributed by atoms with Gasteiger partial charge in [-0.1, -0.05) is 77.6 Å². The number of nitrogens with one attached hydrogen (secondary N) is 1. The Labute approximate surface area is 249 Å². The minimum atomic E-state index is -4.09. The van der Waals surface area contributed by atoms with E-state index in [0.717, 1.165) is 40.0 Å². The molecule has 0 saturated heterocycles. The predicted molar refractivity (Wildman–Crippen MR) is 162 cm³/mol. The van der Waals surface area contributed by atoms with Crippen LogP contribution in [0.5, 0.6) is 0 Å². The van der Waals surface area contributed by atoms with Crippen LogP contribution in [0.2, 0.25) is 5.02 Å². The number of benzene rings is 3. The quantitative estimate of drug-likeness (QED) is 0.270. The number of halogens is 2. The van der Waals surface area contributed by atoms with E-state index in [-0.39, 0.29) is 23.4 Å². The van der Waals surface area contributed by atoms with Crippen LogP contribution in [0.1, 0.15) is 44.6 Å². The predicted octanol–water partition coefficient (Wildman–Crippen LogP) is 6.16. The number of carbonyl (C=O) groups is 2. The maximum atomic E-state index is 14.1. The molecule has 1 atom stereocenters. The molecule has 212 valence electrons. The summed E-state index contributed by atoms with van der Waals surface area (Å²) in [5.41, 5.74) is 1.13. The van der Waals surface area contributed by atoms with Gasteiger partial charge in [0, 0.05) is 22.1 Å². The van der Waals surface area contributed by atoms with Crippen LogP contribution >= 0.6 is 27.5 Å². The second kappa shape index (κ2) is 13.7. The van der Waals surface area contributed by atoms with E-state index in [1.54, 1.807) is 66.7 Å². The van der Waals surface area contributed by atoms with E-state index in [1.807, 2.05) is 6.92 Å². The Balaban J connectivity index is 1.69. The number of carbonyl (C=O) groups excluding carboxylic acids is 2. The first-order valence-corrected chi connectivity index (χ1v) is 16.0. The fourth-order valence-corrected chi connectivity index (χ4v) is 6.75. The highest BCUT2D eigenvalue weighted by atomic mass is 79.9. The zero-order valence-electron chi connectivity index (χ0n) is 22.3. The van der Waals surface area contributed by atoms with Gasteiger partial charge in [0.1, 0.15) is 12.6 Å². The normalized spacial score (nSPS) is 14.5. The van der Waals surface area contributed by atoms with Crippen LogP contribution < -0.4 is 9.62 Å². The molecule has 0 bridgehead atoms. The molecule has 0 radical (unpaired) electrons. The van der Waals surface area contributed by atoms with Crippen molar-refractivity contribution < 1.29 is 18.0 Å². The van der Waals surface area contributed by atoms with Crippen molar-refractivity contribution in [1.82, 2.24) is 10.2 Å². The minimum Gasteiger partial charge on any atom is -0.352 e. The fourth-order valence-electron chi connectivity index (χ4n) is 4.93. The third-order valence-corrected chi connectivity index (χ3v) is 9.65. The lowest BCUT2D eigenvalue weighted by Gasteiger charge is -2.33. The maximum absolute atomic E-state index is 14.1. The fraction of sp³-hybridized carbons (Fsp3) is 0.333. The molecule has 3 aromatic rings. The Morgan fingerprint density at radius 1 is 0.975 bits per heavy atom. The van der Waals surface area contributed by atoms with Gasteiger partial charge >= 0.3 is 0 Å². The molecule has 0 heterocycles. The van der Waals surface area contributed by atoms with Crippen LogP contribution in [0.15, 0.2) is 88.2 Å². The third kappa shape index (κ3) is 7.44. The summed E-state index contributed by atoms with van der Waals surface area (Å²) in [4.78, 5) is 29.1. The summed E-state index contributed by atoms with van der Waals surface area (Å²) >= 11 is 9.47. The number of rotatable bonds is 11. The molecule has 7 nitrogen and oxygen atoms in total. The van der Waals surface area contributed by atoms with E-state index in [0.29, 0.717) is 17.1 Å². The van der Waals surface area contributed by atoms with Gasteiger partial charge < -0.3 is 10.2 Å². The Morgan fingerprint density at radius 3 is 2.20 bits per heavy atom. The highest BCUT2D eigenvalue weighted by Crippen LogP contribution is 2.27. The summed E-state index contributed by atoms with van der Waals surface area (Å²) in [5, 5.41) is 3.67. The summed E-state index contributed by atoms with van der Waals surface area (Å²) < 4.78 is 29.5. The van der Waals surface area contributed by atoms with Crippen molar-refractivity contribution >= 4 is 55.1 Å². The molecule has 1 N–H and O–H groups in total. The molecule has 0 aromatic heterocycles. The molecule has 1 saturated carbocycles. The number of amides is 2. The Hall–Kier alpha value is -2.88. The van der Waals surface area contributed by atoms with Gasteiger partial charge in [0.25, 0.3) is 10.0 Å². The van der Waals surface area contributed by atoms with E-state index >= 15 is 0 Å². The first-order valence-electron chi connectivity index (χ1n) is 13.4. The molecule has 40 heavy (non-hydrogen) atoms. The average molecular weight is 647 g/mol. The summed E-state index contributed by atoms with van der Waals surface area (Å²) in [6.45, 7) is 1.51. The number of nitrogens with zero attached hydrogens (tertiary/aromatic N) is 2. The summed E-state index contributed by atoms with van der Waals surface area (Å²) in [5.74, 6) is -0.705. The van der Waals surface area contributed by atoms with Crippen LogP contribution in [-0.4, -0.2) is 43.8 Å². The zero-order chi connectivity index (χ0) is 28.7. The van der Waals surface area contributed by atoms with Crippen LogP contribution in [0.4, 0.5) is 5.69 Å². The number of hydrogen-bond donors (Lipinski definition) is 1. The van der Waals surface area contributed by atoms with Crippen molar-refractivity contribution in [3.8, 4) is 0 Å². The van der Waals surface area contributed by atoms with E-state index in [2.05, 4.69) is 21.2 Å².